The molecule has 0 amide bonds. The van der Waals surface area contributed by atoms with Gasteiger partial charge in [0, 0.05) is 17.1 Å². The minimum Gasteiger partial charge on any atom is -0.456 e. The molecule has 6 heteroatoms. The molecule has 0 heterocycles. The molecule has 0 radical (unpaired) electrons. The molecule has 0 saturated heterocycles. The Balaban J connectivity index is 2.48. The highest BCUT2D eigenvalue weighted by atomic mass is 127. The summed E-state index contributed by atoms with van der Waals surface area (Å²) in [7, 11) is 0. The van der Waals surface area contributed by atoms with E-state index >= 15 is 0 Å². The fourth-order valence-corrected chi connectivity index (χ4v) is 3.77. The van der Waals surface area contributed by atoms with Crippen LogP contribution in [-0.4, -0.2) is 25.7 Å². The lowest BCUT2D eigenvalue weighted by atomic mass is 10.2. The van der Waals surface area contributed by atoms with Crippen molar-refractivity contribution in [3.63, 3.8) is 0 Å². The molecule has 3 nitrogen and oxygen atoms in total. The van der Waals surface area contributed by atoms with Crippen LogP contribution in [0, 0.1) is 10.7 Å². The average molecular weight is 598 g/mol. The lowest BCUT2D eigenvalue weighted by Gasteiger charge is -2.08. The van der Waals surface area contributed by atoms with Crippen molar-refractivity contribution in [3.05, 3.63) is 41.1 Å². The Morgan fingerprint density at radius 1 is 1.32 bits per heavy atom. The highest BCUT2D eigenvalue weighted by molar-refractivity contribution is 14.1. The Morgan fingerprint density at radius 3 is 2.74 bits per heavy atom. The first-order valence-electron chi connectivity index (χ1n) is 5.80. The largest absolute Gasteiger partial charge is 0.456 e. The zero-order valence-corrected chi connectivity index (χ0v) is 16.8. The molecule has 1 rings (SSSR count). The third kappa shape index (κ3) is 6.25. The van der Waals surface area contributed by atoms with Crippen molar-refractivity contribution in [1.29, 1.82) is 0 Å². The van der Waals surface area contributed by atoms with Crippen molar-refractivity contribution >= 4 is 73.7 Å². The second kappa shape index (κ2) is 9.50. The Bertz CT molecular complexity index is 463. The van der Waals surface area contributed by atoms with Crippen LogP contribution in [0.1, 0.15) is 16.8 Å². The maximum Gasteiger partial charge on any atom is 0.339 e. The van der Waals surface area contributed by atoms with Gasteiger partial charge < -0.3 is 10.1 Å². The number of nitrogens with two attached hydrogens (primary N) is 1. The molecule has 1 aromatic rings. The summed E-state index contributed by atoms with van der Waals surface area (Å²) in [5.74, 6) is -0.238. The maximum absolute atomic E-state index is 12.0. The van der Waals surface area contributed by atoms with E-state index in [1.54, 1.807) is 0 Å². The van der Waals surface area contributed by atoms with Gasteiger partial charge in [-0.15, -0.1) is 6.58 Å². The van der Waals surface area contributed by atoms with E-state index in [0.717, 1.165) is 30.2 Å². The van der Waals surface area contributed by atoms with Crippen molar-refractivity contribution in [2.24, 2.45) is 0 Å². The standard InChI is InChI=1S/C13H14I3NO2/c1-2-3-4-17-5-6-19-13(18)10-7-9(14)8-11(15)12(10)16/h2,7-8,17H,1,3-6H2/p+1. The summed E-state index contributed by atoms with van der Waals surface area (Å²) in [6, 6.07) is 3.91. The zero-order valence-electron chi connectivity index (χ0n) is 10.3. The van der Waals surface area contributed by atoms with E-state index < -0.39 is 0 Å². The molecule has 1 aromatic carbocycles. The molecule has 2 N–H and O–H groups in total. The number of quaternary nitrogens is 1. The summed E-state index contributed by atoms with van der Waals surface area (Å²) in [6.07, 6.45) is 2.86. The van der Waals surface area contributed by atoms with Crippen LogP contribution in [0.15, 0.2) is 24.8 Å². The van der Waals surface area contributed by atoms with Crippen molar-refractivity contribution in [2.45, 2.75) is 6.42 Å². The highest BCUT2D eigenvalue weighted by Crippen LogP contribution is 2.23. The van der Waals surface area contributed by atoms with E-state index in [1.807, 2.05) is 18.2 Å². The molecule has 0 unspecified atom stereocenters. The number of carbonyl (C=O) groups is 1. The summed E-state index contributed by atoms with van der Waals surface area (Å²) < 4.78 is 8.38. The lowest BCUT2D eigenvalue weighted by molar-refractivity contribution is -0.654. The average Bonchev–Trinajstić information content (AvgIpc) is 2.37. The van der Waals surface area contributed by atoms with Gasteiger partial charge in [-0.1, -0.05) is 6.08 Å². The Hall–Kier alpha value is 0.580. The quantitative estimate of drug-likeness (QED) is 0.173. The van der Waals surface area contributed by atoms with Gasteiger partial charge >= 0.3 is 5.97 Å². The third-order valence-electron chi connectivity index (χ3n) is 2.34. The number of hydrogen-bond acceptors (Lipinski definition) is 2. The summed E-state index contributed by atoms with van der Waals surface area (Å²) in [5, 5.41) is 2.12. The first-order valence-corrected chi connectivity index (χ1v) is 9.04. The van der Waals surface area contributed by atoms with Gasteiger partial charge in [0.2, 0.25) is 0 Å². The Labute approximate surface area is 154 Å². The van der Waals surface area contributed by atoms with Crippen molar-refractivity contribution < 1.29 is 14.8 Å². The first-order chi connectivity index (χ1) is 9.06. The number of ether oxygens (including phenoxy) is 1. The van der Waals surface area contributed by atoms with Crippen LogP contribution in [-0.2, 0) is 4.74 Å². The number of rotatable bonds is 7. The monoisotopic (exact) mass is 598 g/mol. The predicted octanol–water partition coefficient (Wildman–Crippen LogP) is 2.80. The second-order valence-electron chi connectivity index (χ2n) is 3.83. The molecule has 104 valence electrons. The molecule has 0 atom stereocenters. The van der Waals surface area contributed by atoms with Crippen LogP contribution in [0.5, 0.6) is 0 Å². The second-order valence-corrected chi connectivity index (χ2v) is 7.32. The number of carbonyl (C=O) groups excluding carboxylic acids is 1. The van der Waals surface area contributed by atoms with E-state index in [2.05, 4.69) is 79.7 Å². The van der Waals surface area contributed by atoms with E-state index in [1.165, 1.54) is 0 Å². The molecule has 0 aromatic heterocycles. The molecule has 0 aliphatic heterocycles. The molecule has 0 aliphatic carbocycles. The SMILES string of the molecule is C=CCC[NH2+]CCOC(=O)c1cc(I)cc(I)c1I. The normalized spacial score (nSPS) is 10.3. The highest BCUT2D eigenvalue weighted by Gasteiger charge is 2.14. The first kappa shape index (κ1) is 17.6. The number of benzene rings is 1. The van der Waals surface area contributed by atoms with Gasteiger partial charge in [0.15, 0.2) is 0 Å². The molecular weight excluding hydrogens is 583 g/mol. The van der Waals surface area contributed by atoms with Gasteiger partial charge in [0.25, 0.3) is 0 Å². The zero-order chi connectivity index (χ0) is 14.3. The smallest absolute Gasteiger partial charge is 0.339 e. The molecule has 19 heavy (non-hydrogen) atoms. The van der Waals surface area contributed by atoms with Crippen molar-refractivity contribution in [2.75, 3.05) is 19.7 Å². The van der Waals surface area contributed by atoms with Gasteiger partial charge in [-0.05, 0) is 79.9 Å². The molecular formula is C13H15I3NO2+. The van der Waals surface area contributed by atoms with Crippen molar-refractivity contribution in [3.8, 4) is 0 Å². The van der Waals surface area contributed by atoms with E-state index in [-0.39, 0.29) is 5.97 Å². The molecule has 0 fully saturated rings. The van der Waals surface area contributed by atoms with Gasteiger partial charge in [-0.2, -0.15) is 0 Å². The van der Waals surface area contributed by atoms with Crippen LogP contribution in [0.4, 0.5) is 0 Å². The number of halogens is 3. The van der Waals surface area contributed by atoms with Crippen LogP contribution in [0.3, 0.4) is 0 Å². The minimum absolute atomic E-state index is 0.238. The van der Waals surface area contributed by atoms with Crippen LogP contribution < -0.4 is 5.32 Å². The molecule has 0 saturated carbocycles. The summed E-state index contributed by atoms with van der Waals surface area (Å²) in [4.78, 5) is 12.0. The fraction of sp³-hybridized carbons (Fsp3) is 0.308. The lowest BCUT2D eigenvalue weighted by Crippen LogP contribution is -2.85. The number of hydrogen-bond donors (Lipinski definition) is 1. The fourth-order valence-electron chi connectivity index (χ4n) is 1.40. The molecule has 0 spiro atoms. The van der Waals surface area contributed by atoms with Crippen LogP contribution >= 0.6 is 67.8 Å². The minimum atomic E-state index is -0.238. The Kier molecular flexibility index (Phi) is 8.82. The van der Waals surface area contributed by atoms with Gasteiger partial charge in [0.1, 0.15) is 13.2 Å². The van der Waals surface area contributed by atoms with Gasteiger partial charge in [0.05, 0.1) is 12.1 Å². The maximum atomic E-state index is 12.0. The Morgan fingerprint density at radius 2 is 2.05 bits per heavy atom. The van der Waals surface area contributed by atoms with Crippen LogP contribution in [0.2, 0.25) is 0 Å². The topological polar surface area (TPSA) is 42.9 Å². The molecule has 0 bridgehead atoms. The van der Waals surface area contributed by atoms with Crippen molar-refractivity contribution in [1.82, 2.24) is 0 Å². The summed E-state index contributed by atoms with van der Waals surface area (Å²) in [5.41, 5.74) is 0.656. The van der Waals surface area contributed by atoms with E-state index in [4.69, 9.17) is 4.74 Å². The van der Waals surface area contributed by atoms with Gasteiger partial charge in [-0.3, -0.25) is 0 Å². The predicted molar refractivity (Wildman–Crippen MR) is 101 cm³/mol. The van der Waals surface area contributed by atoms with E-state index in [0.29, 0.717) is 12.2 Å². The summed E-state index contributed by atoms with van der Waals surface area (Å²) in [6.45, 7) is 5.88. The van der Waals surface area contributed by atoms with Gasteiger partial charge in [-0.25, -0.2) is 4.79 Å². The summed E-state index contributed by atoms with van der Waals surface area (Å²) >= 11 is 6.63. The number of esters is 1. The van der Waals surface area contributed by atoms with Crippen LogP contribution in [0.25, 0.3) is 0 Å². The van der Waals surface area contributed by atoms with E-state index in [9.17, 15) is 4.79 Å². The molecule has 0 aliphatic rings. The third-order valence-corrected chi connectivity index (χ3v) is 6.01.